The number of hydrogen-bond acceptors (Lipinski definition) is 0. The van der Waals surface area contributed by atoms with Gasteiger partial charge in [0.25, 0.3) is 0 Å². The molecule has 0 amide bonds. The lowest BCUT2D eigenvalue weighted by Crippen LogP contribution is -2.53. The van der Waals surface area contributed by atoms with Gasteiger partial charge in [0.15, 0.2) is 0 Å². The van der Waals surface area contributed by atoms with E-state index in [1.165, 1.54) is 0 Å². The maximum Gasteiger partial charge on any atom is 0.115 e. The zero-order valence-electron chi connectivity index (χ0n) is 33.3. The zero-order valence-corrected chi connectivity index (χ0v) is 33.3. The van der Waals surface area contributed by atoms with Gasteiger partial charge in [-0.15, -0.1) is 16.4 Å². The summed E-state index contributed by atoms with van der Waals surface area (Å²) in [7, 11) is 83.3. The van der Waals surface area contributed by atoms with Crippen LogP contribution >= 0.6 is 0 Å². The van der Waals surface area contributed by atoms with Crippen LogP contribution in [0.1, 0.15) is 0 Å². The van der Waals surface area contributed by atoms with Gasteiger partial charge in [0.1, 0.15) is 94.2 Å². The number of benzene rings is 11. The molecule has 0 nitrogen and oxygen atoms in total. The van der Waals surface area contributed by atoms with E-state index in [9.17, 15) is 0 Å². The Labute approximate surface area is 376 Å². The molecule has 11 aromatic rings. The molecule has 0 unspecified atom stereocenters. The lowest BCUT2D eigenvalue weighted by atomic mass is 9.55. The number of rotatable bonds is 4. The summed E-state index contributed by atoms with van der Waals surface area (Å²) >= 11 is 0. The van der Waals surface area contributed by atoms with E-state index in [2.05, 4.69) is 72.8 Å². The van der Waals surface area contributed by atoms with Gasteiger partial charge in [0.2, 0.25) is 0 Å². The minimum Gasteiger partial charge on any atom is -0.109 e. The van der Waals surface area contributed by atoms with Crippen LogP contribution in [0.5, 0.6) is 0 Å². The van der Waals surface area contributed by atoms with Crippen LogP contribution in [0.4, 0.5) is 0 Å². The van der Waals surface area contributed by atoms with E-state index in [0.29, 0.717) is 11.1 Å². The van der Waals surface area contributed by atoms with Crippen molar-refractivity contribution in [1.29, 1.82) is 0 Å². The molecule has 254 valence electrons. The second-order valence-electron chi connectivity index (χ2n) is 16.2. The second kappa shape index (κ2) is 13.9. The molecule has 0 N–H and O–H groups in total. The molecule has 11 aromatic carbocycles. The summed E-state index contributed by atoms with van der Waals surface area (Å²) in [5.41, 5.74) is 4.17. The van der Waals surface area contributed by atoms with Crippen molar-refractivity contribution in [1.82, 2.24) is 0 Å². The topological polar surface area (TPSA) is 0 Å². The Morgan fingerprint density at radius 2 is 0.435 bits per heavy atom. The van der Waals surface area contributed by atoms with Crippen molar-refractivity contribution in [2.24, 2.45) is 0 Å². The van der Waals surface area contributed by atoms with Gasteiger partial charge in [0, 0.05) is 0 Å². The standard InChI is InChI=1S/C50H18B12/c51-39-33(27-17-13-23-9-7-19-3-1-5-21-11-15-25(27)31(23)29(19)21)42(54)48(60)44(56)35(39)37-41(53)38(47(59)50(62)46(37)58)36-40(52)34(43(55)49(61)45(36)57)28-18-14-24-10-8-20-4-2-6-22-12-16-26(28)32(24)30(20)22/h1-18H. The van der Waals surface area contributed by atoms with Crippen LogP contribution in [0.25, 0.3) is 109 Å². The first-order valence-corrected chi connectivity index (χ1v) is 19.9. The molecule has 0 saturated carbocycles. The molecule has 0 heterocycles. The fraction of sp³-hybridized carbons (Fsp3) is 0. The third-order valence-corrected chi connectivity index (χ3v) is 13.1. The molecule has 0 aromatic heterocycles. The molecule has 0 spiro atoms. The third kappa shape index (κ3) is 5.19. The SMILES string of the molecule is [B]c1c([B])c(-c2c([B])c([B])c([B])c(-c3ccc4ccc5cccc6ccc3c4c56)c2[B])c([B])c(-c2c([B])c([B])c([B])c(-c3ccc4ccc5cccc6ccc3c4c56)c2[B])c1[B]. The van der Waals surface area contributed by atoms with Crippen molar-refractivity contribution in [3.63, 3.8) is 0 Å². The molecule has 0 bridgehead atoms. The maximum absolute atomic E-state index is 7.24. The Kier molecular flexibility index (Phi) is 8.77. The molecule has 0 atom stereocenters. The Morgan fingerprint density at radius 1 is 0.194 bits per heavy atom. The van der Waals surface area contributed by atoms with Gasteiger partial charge in [-0.2, -0.15) is 0 Å². The molecule has 12 heteroatoms. The molecule has 24 radical (unpaired) electrons. The van der Waals surface area contributed by atoms with Gasteiger partial charge < -0.3 is 0 Å². The smallest absolute Gasteiger partial charge is 0.109 e. The first-order valence-electron chi connectivity index (χ1n) is 19.9. The van der Waals surface area contributed by atoms with E-state index in [4.69, 9.17) is 94.2 Å². The van der Waals surface area contributed by atoms with Crippen LogP contribution < -0.4 is 65.6 Å². The molecular formula is C50H18B12. The van der Waals surface area contributed by atoms with Crippen molar-refractivity contribution in [3.8, 4) is 44.5 Å². The van der Waals surface area contributed by atoms with Gasteiger partial charge in [-0.05, 0) is 109 Å². The fourth-order valence-electron chi connectivity index (χ4n) is 10.1. The molecule has 0 aliphatic rings. The van der Waals surface area contributed by atoms with Crippen LogP contribution in [-0.4, -0.2) is 94.2 Å². The van der Waals surface area contributed by atoms with Crippen molar-refractivity contribution >= 4 is 224 Å². The summed E-state index contributed by atoms with van der Waals surface area (Å²) < 4.78 is 0. The average Bonchev–Trinajstić information content (AvgIpc) is 3.28. The van der Waals surface area contributed by atoms with E-state index >= 15 is 0 Å². The van der Waals surface area contributed by atoms with Crippen LogP contribution in [-0.2, 0) is 0 Å². The van der Waals surface area contributed by atoms with E-state index in [-0.39, 0.29) is 87.8 Å². The highest BCUT2D eigenvalue weighted by atomic mass is 14.3. The lowest BCUT2D eigenvalue weighted by molar-refractivity contribution is 1.74. The average molecular weight is 748 g/mol. The van der Waals surface area contributed by atoms with E-state index in [1.54, 1.807) is 0 Å². The molecule has 0 fully saturated rings. The summed E-state index contributed by atoms with van der Waals surface area (Å²) in [4.78, 5) is 0. The van der Waals surface area contributed by atoms with Crippen molar-refractivity contribution < 1.29 is 0 Å². The highest BCUT2D eigenvalue weighted by Crippen LogP contribution is 2.40. The summed E-state index contributed by atoms with van der Waals surface area (Å²) in [5, 5.41) is 12.7. The van der Waals surface area contributed by atoms with Crippen molar-refractivity contribution in [3.05, 3.63) is 109 Å². The second-order valence-corrected chi connectivity index (χ2v) is 16.2. The van der Waals surface area contributed by atoms with Crippen LogP contribution in [0.15, 0.2) is 109 Å². The highest BCUT2D eigenvalue weighted by molar-refractivity contribution is 6.70. The summed E-state index contributed by atoms with van der Waals surface area (Å²) in [6.07, 6.45) is 0. The van der Waals surface area contributed by atoms with E-state index in [1.807, 2.05) is 36.4 Å². The normalized spacial score (nSPS) is 12.0. The summed E-state index contributed by atoms with van der Waals surface area (Å²) in [5.74, 6) is 0. The Hall–Kier alpha value is -5.72. The molecule has 0 aliphatic carbocycles. The minimum atomic E-state index is -0.0128. The molecule has 11 rings (SSSR count). The Balaban J connectivity index is 1.19. The Morgan fingerprint density at radius 3 is 0.758 bits per heavy atom. The van der Waals surface area contributed by atoms with Crippen LogP contribution in [0.3, 0.4) is 0 Å². The van der Waals surface area contributed by atoms with Gasteiger partial charge in [-0.1, -0.05) is 158 Å². The molecule has 0 saturated heterocycles. The van der Waals surface area contributed by atoms with Gasteiger partial charge in [-0.3, -0.25) is 0 Å². The minimum absolute atomic E-state index is 0.0128. The first-order chi connectivity index (χ1) is 29.8. The summed E-state index contributed by atoms with van der Waals surface area (Å²) in [6.45, 7) is 0. The predicted octanol–water partition coefficient (Wildman–Crippen LogP) is -0.325. The monoisotopic (exact) mass is 750 g/mol. The predicted molar refractivity (Wildman–Crippen MR) is 280 cm³/mol. The maximum atomic E-state index is 7.24. The van der Waals surface area contributed by atoms with Gasteiger partial charge >= 0.3 is 0 Å². The third-order valence-electron chi connectivity index (χ3n) is 13.1. The van der Waals surface area contributed by atoms with Crippen LogP contribution in [0.2, 0.25) is 0 Å². The van der Waals surface area contributed by atoms with E-state index in [0.717, 1.165) is 75.8 Å². The highest BCUT2D eigenvalue weighted by Gasteiger charge is 2.26. The quantitative estimate of drug-likeness (QED) is 0.171. The Bertz CT molecular complexity index is 3510. The van der Waals surface area contributed by atoms with Crippen molar-refractivity contribution in [2.75, 3.05) is 0 Å². The van der Waals surface area contributed by atoms with E-state index < -0.39 is 0 Å². The van der Waals surface area contributed by atoms with Crippen molar-refractivity contribution in [2.45, 2.75) is 0 Å². The zero-order chi connectivity index (χ0) is 43.2. The fourth-order valence-corrected chi connectivity index (χ4v) is 10.1. The van der Waals surface area contributed by atoms with Crippen LogP contribution in [0, 0.1) is 0 Å². The molecule has 0 aliphatic heterocycles. The first kappa shape index (κ1) is 39.1. The van der Waals surface area contributed by atoms with Gasteiger partial charge in [0.05, 0.1) is 0 Å². The summed E-state index contributed by atoms with van der Waals surface area (Å²) in [6, 6.07) is 37.1. The molecular weight excluding hydrogens is 730 g/mol. The molecule has 62 heavy (non-hydrogen) atoms. The largest absolute Gasteiger partial charge is 0.115 e. The lowest BCUT2D eigenvalue weighted by Gasteiger charge is -2.31. The number of hydrogen-bond donors (Lipinski definition) is 0. The van der Waals surface area contributed by atoms with Gasteiger partial charge in [-0.25, -0.2) is 0 Å².